The molecule has 1 aromatic carbocycles. The number of anilines is 1. The van der Waals surface area contributed by atoms with Crippen molar-refractivity contribution in [1.29, 1.82) is 0 Å². The van der Waals surface area contributed by atoms with Gasteiger partial charge in [-0.15, -0.1) is 0 Å². The van der Waals surface area contributed by atoms with Gasteiger partial charge in [-0.1, -0.05) is 0 Å². The van der Waals surface area contributed by atoms with Gasteiger partial charge in [-0.05, 0) is 50.5 Å². The van der Waals surface area contributed by atoms with Gasteiger partial charge in [0.2, 0.25) is 0 Å². The molecule has 2 aliphatic heterocycles. The highest BCUT2D eigenvalue weighted by Crippen LogP contribution is 2.36. The molecule has 0 aliphatic carbocycles. The molecule has 0 spiro atoms. The van der Waals surface area contributed by atoms with Gasteiger partial charge in [0, 0.05) is 26.2 Å². The minimum absolute atomic E-state index is 0.119. The molecule has 7 nitrogen and oxygen atoms in total. The van der Waals surface area contributed by atoms with Crippen LogP contribution < -0.4 is 15.0 Å². The summed E-state index contributed by atoms with van der Waals surface area (Å²) in [5.41, 5.74) is 2.24. The first-order valence-corrected chi connectivity index (χ1v) is 8.51. The number of carbonyl (C=O) groups is 2. The number of nitrogens with one attached hydrogen (secondary N) is 1. The molecule has 3 amide bonds. The summed E-state index contributed by atoms with van der Waals surface area (Å²) in [7, 11) is 1.59. The highest BCUT2D eigenvalue weighted by molar-refractivity contribution is 5.94. The van der Waals surface area contributed by atoms with Crippen molar-refractivity contribution >= 4 is 17.8 Å². The number of urea groups is 1. The molecule has 0 aromatic heterocycles. The highest BCUT2D eigenvalue weighted by atomic mass is 16.6. The monoisotopic (exact) mass is 347 g/mol. The Labute approximate surface area is 147 Å². The molecule has 0 unspecified atom stereocenters. The van der Waals surface area contributed by atoms with Gasteiger partial charge >= 0.3 is 12.1 Å². The first-order chi connectivity index (χ1) is 11.8. The molecular weight excluding hydrogens is 322 g/mol. The zero-order chi connectivity index (χ0) is 18.2. The predicted molar refractivity (Wildman–Crippen MR) is 93.8 cm³/mol. The molecule has 7 heteroatoms. The summed E-state index contributed by atoms with van der Waals surface area (Å²) in [4.78, 5) is 27.8. The van der Waals surface area contributed by atoms with Gasteiger partial charge in [-0.25, -0.2) is 9.59 Å². The smallest absolute Gasteiger partial charge is 0.410 e. The number of carbonyl (C=O) groups excluding carboxylic acids is 2. The largest absolute Gasteiger partial charge is 0.495 e. The third-order valence-corrected chi connectivity index (χ3v) is 4.25. The topological polar surface area (TPSA) is 71.1 Å². The normalized spacial score (nSPS) is 17.2. The predicted octanol–water partition coefficient (Wildman–Crippen LogP) is 2.87. The number of hydrogen-bond acceptors (Lipinski definition) is 4. The summed E-state index contributed by atoms with van der Waals surface area (Å²) >= 11 is 0. The van der Waals surface area contributed by atoms with Crippen LogP contribution in [0, 0.1) is 0 Å². The van der Waals surface area contributed by atoms with Gasteiger partial charge in [0.25, 0.3) is 0 Å². The van der Waals surface area contributed by atoms with Crippen LogP contribution in [0.15, 0.2) is 12.1 Å². The highest BCUT2D eigenvalue weighted by Gasteiger charge is 2.30. The number of methoxy groups -OCH3 is 1. The van der Waals surface area contributed by atoms with E-state index in [2.05, 4.69) is 5.32 Å². The number of benzene rings is 1. The van der Waals surface area contributed by atoms with Crippen LogP contribution in [0.2, 0.25) is 0 Å². The molecular formula is C18H25N3O4. The molecule has 1 fully saturated rings. The van der Waals surface area contributed by atoms with Crippen molar-refractivity contribution in [2.45, 2.75) is 45.9 Å². The van der Waals surface area contributed by atoms with Gasteiger partial charge in [-0.2, -0.15) is 0 Å². The molecule has 0 saturated carbocycles. The fourth-order valence-corrected chi connectivity index (χ4v) is 3.10. The zero-order valence-electron chi connectivity index (χ0n) is 15.2. The van der Waals surface area contributed by atoms with Crippen LogP contribution in [0.3, 0.4) is 0 Å². The Balaban J connectivity index is 1.84. The standard InChI is InChI=1S/C18H25N3O4/c1-18(2,3)25-17(23)20-10-12-8-14(15(24-4)9-13(12)11-20)21-7-5-6-19-16(21)22/h8-9H,5-7,10-11H2,1-4H3,(H,19,22). The van der Waals surface area contributed by atoms with Gasteiger partial charge in [0.05, 0.1) is 12.8 Å². The van der Waals surface area contributed by atoms with E-state index >= 15 is 0 Å². The number of fused-ring (bicyclic) bond motifs is 1. The maximum atomic E-state index is 12.3. The minimum atomic E-state index is -0.527. The SMILES string of the molecule is COc1cc2c(cc1N1CCCNC1=O)CN(C(=O)OC(C)(C)C)C2. The molecule has 3 rings (SSSR count). The van der Waals surface area contributed by atoms with E-state index in [0.717, 1.165) is 23.2 Å². The average molecular weight is 347 g/mol. The Morgan fingerprint density at radius 3 is 2.48 bits per heavy atom. The first kappa shape index (κ1) is 17.4. The van der Waals surface area contributed by atoms with E-state index in [0.29, 0.717) is 31.9 Å². The Morgan fingerprint density at radius 2 is 1.88 bits per heavy atom. The molecule has 0 radical (unpaired) electrons. The van der Waals surface area contributed by atoms with Crippen molar-refractivity contribution in [2.75, 3.05) is 25.1 Å². The lowest BCUT2D eigenvalue weighted by Crippen LogP contribution is -2.46. The second kappa shape index (κ2) is 6.46. The summed E-state index contributed by atoms with van der Waals surface area (Å²) in [5.74, 6) is 0.641. The molecule has 25 heavy (non-hydrogen) atoms. The number of ether oxygens (including phenoxy) is 2. The van der Waals surface area contributed by atoms with Crippen LogP contribution in [0.4, 0.5) is 15.3 Å². The maximum Gasteiger partial charge on any atom is 0.410 e. The Hall–Kier alpha value is -2.44. The van der Waals surface area contributed by atoms with Crippen molar-refractivity contribution in [3.05, 3.63) is 23.3 Å². The van der Waals surface area contributed by atoms with E-state index in [4.69, 9.17) is 9.47 Å². The number of amides is 3. The van der Waals surface area contributed by atoms with E-state index in [9.17, 15) is 9.59 Å². The van der Waals surface area contributed by atoms with Crippen LogP contribution in [-0.2, 0) is 17.8 Å². The third-order valence-electron chi connectivity index (χ3n) is 4.25. The summed E-state index contributed by atoms with van der Waals surface area (Å²) in [5, 5.41) is 2.85. The van der Waals surface area contributed by atoms with Crippen LogP contribution in [0.25, 0.3) is 0 Å². The Bertz CT molecular complexity index is 696. The number of rotatable bonds is 2. The van der Waals surface area contributed by atoms with Crippen molar-refractivity contribution < 1.29 is 19.1 Å². The summed E-state index contributed by atoms with van der Waals surface area (Å²) < 4.78 is 10.9. The third kappa shape index (κ3) is 3.65. The lowest BCUT2D eigenvalue weighted by Gasteiger charge is -2.29. The number of hydrogen-bond donors (Lipinski definition) is 1. The molecule has 2 aliphatic rings. The number of nitrogens with zero attached hydrogens (tertiary/aromatic N) is 2. The quantitative estimate of drug-likeness (QED) is 0.893. The molecule has 0 atom stereocenters. The van der Waals surface area contributed by atoms with E-state index < -0.39 is 5.60 Å². The molecule has 1 N–H and O–H groups in total. The Morgan fingerprint density at radius 1 is 1.20 bits per heavy atom. The molecule has 1 aromatic rings. The minimum Gasteiger partial charge on any atom is -0.495 e. The van der Waals surface area contributed by atoms with Gasteiger partial charge in [0.1, 0.15) is 11.4 Å². The van der Waals surface area contributed by atoms with Crippen LogP contribution in [0.5, 0.6) is 5.75 Å². The summed E-state index contributed by atoms with van der Waals surface area (Å²) in [6, 6.07) is 3.74. The van der Waals surface area contributed by atoms with E-state index in [1.54, 1.807) is 16.9 Å². The maximum absolute atomic E-state index is 12.3. The van der Waals surface area contributed by atoms with Crippen molar-refractivity contribution in [3.63, 3.8) is 0 Å². The lowest BCUT2D eigenvalue weighted by atomic mass is 10.1. The molecule has 2 heterocycles. The molecule has 136 valence electrons. The lowest BCUT2D eigenvalue weighted by molar-refractivity contribution is 0.0241. The van der Waals surface area contributed by atoms with Crippen molar-refractivity contribution in [1.82, 2.24) is 10.2 Å². The van der Waals surface area contributed by atoms with Crippen LogP contribution in [-0.4, -0.2) is 42.8 Å². The molecule has 0 bridgehead atoms. The van der Waals surface area contributed by atoms with Crippen LogP contribution in [0.1, 0.15) is 38.3 Å². The van der Waals surface area contributed by atoms with E-state index in [-0.39, 0.29) is 12.1 Å². The Kier molecular flexibility index (Phi) is 4.49. The zero-order valence-corrected chi connectivity index (χ0v) is 15.2. The van der Waals surface area contributed by atoms with E-state index in [1.165, 1.54) is 0 Å². The second-order valence-electron chi connectivity index (χ2n) is 7.37. The summed E-state index contributed by atoms with van der Waals surface area (Å²) in [6.07, 6.45) is 0.552. The average Bonchev–Trinajstić information content (AvgIpc) is 2.95. The van der Waals surface area contributed by atoms with Gasteiger partial charge in [-0.3, -0.25) is 9.80 Å². The van der Waals surface area contributed by atoms with Crippen molar-refractivity contribution in [3.8, 4) is 5.75 Å². The fourth-order valence-electron chi connectivity index (χ4n) is 3.10. The van der Waals surface area contributed by atoms with Gasteiger partial charge in [0.15, 0.2) is 0 Å². The van der Waals surface area contributed by atoms with E-state index in [1.807, 2.05) is 32.9 Å². The fraction of sp³-hybridized carbons (Fsp3) is 0.556. The van der Waals surface area contributed by atoms with Crippen LogP contribution >= 0.6 is 0 Å². The second-order valence-corrected chi connectivity index (χ2v) is 7.37. The molecule has 1 saturated heterocycles. The summed E-state index contributed by atoms with van der Waals surface area (Å²) in [6.45, 7) is 7.84. The van der Waals surface area contributed by atoms with Gasteiger partial charge < -0.3 is 14.8 Å². The first-order valence-electron chi connectivity index (χ1n) is 8.51. The van der Waals surface area contributed by atoms with Crippen molar-refractivity contribution in [2.24, 2.45) is 0 Å².